The summed E-state index contributed by atoms with van der Waals surface area (Å²) in [5.74, 6) is 0.180. The molecule has 1 unspecified atom stereocenters. The first kappa shape index (κ1) is 25.9. The molecule has 3 N–H and O–H groups in total. The summed E-state index contributed by atoms with van der Waals surface area (Å²) < 4.78 is 28.1. The number of rotatable bonds is 12. The molecule has 0 aromatic heterocycles. The van der Waals surface area contributed by atoms with Crippen LogP contribution in [0.1, 0.15) is 37.3 Å². The van der Waals surface area contributed by atoms with Crippen molar-refractivity contribution in [1.82, 2.24) is 10.0 Å². The van der Waals surface area contributed by atoms with Gasteiger partial charge in [0.1, 0.15) is 6.04 Å². The van der Waals surface area contributed by atoms with Gasteiger partial charge in [-0.3, -0.25) is 9.59 Å². The molecule has 0 aliphatic carbocycles. The molecule has 9 heteroatoms. The average molecular weight is 478 g/mol. The van der Waals surface area contributed by atoms with Crippen molar-refractivity contribution in [3.8, 4) is 0 Å². The SMILES string of the molecule is CCCC(=O)Nc1cccc(CNC(=O)C(CCSC)NS(=O)(=O)c2ccc(C)cc2)c1. The molecule has 0 bridgehead atoms. The lowest BCUT2D eigenvalue weighted by molar-refractivity contribution is -0.123. The first-order valence-electron chi connectivity index (χ1n) is 10.5. The molecule has 2 aromatic rings. The van der Waals surface area contributed by atoms with E-state index < -0.39 is 22.0 Å². The highest BCUT2D eigenvalue weighted by atomic mass is 32.2. The molecule has 0 fully saturated rings. The van der Waals surface area contributed by atoms with Gasteiger partial charge in [0.05, 0.1) is 4.90 Å². The molecule has 174 valence electrons. The van der Waals surface area contributed by atoms with E-state index in [2.05, 4.69) is 15.4 Å². The van der Waals surface area contributed by atoms with Crippen molar-refractivity contribution < 1.29 is 18.0 Å². The van der Waals surface area contributed by atoms with E-state index in [1.165, 1.54) is 12.1 Å². The Bertz CT molecular complexity index is 1010. The van der Waals surface area contributed by atoms with Crippen LogP contribution in [0.4, 0.5) is 5.69 Å². The van der Waals surface area contributed by atoms with Gasteiger partial charge in [-0.25, -0.2) is 8.42 Å². The van der Waals surface area contributed by atoms with Gasteiger partial charge in [0, 0.05) is 18.7 Å². The minimum atomic E-state index is -3.83. The van der Waals surface area contributed by atoms with Crippen LogP contribution in [0.2, 0.25) is 0 Å². The Hall–Kier alpha value is -2.36. The summed E-state index contributed by atoms with van der Waals surface area (Å²) >= 11 is 1.54. The van der Waals surface area contributed by atoms with E-state index in [-0.39, 0.29) is 17.3 Å². The van der Waals surface area contributed by atoms with E-state index in [4.69, 9.17) is 0 Å². The maximum absolute atomic E-state index is 12.8. The van der Waals surface area contributed by atoms with Crippen LogP contribution in [0, 0.1) is 6.92 Å². The zero-order valence-electron chi connectivity index (χ0n) is 18.7. The normalized spacial score (nSPS) is 12.2. The Morgan fingerprint density at radius 2 is 1.81 bits per heavy atom. The fraction of sp³-hybridized carbons (Fsp3) is 0.391. The lowest BCUT2D eigenvalue weighted by atomic mass is 10.1. The molecule has 0 aliphatic rings. The highest BCUT2D eigenvalue weighted by Crippen LogP contribution is 2.14. The number of carbonyl (C=O) groups excluding carboxylic acids is 2. The summed E-state index contributed by atoms with van der Waals surface area (Å²) in [6.07, 6.45) is 3.48. The van der Waals surface area contributed by atoms with Crippen LogP contribution in [0.25, 0.3) is 0 Å². The molecule has 0 saturated heterocycles. The Morgan fingerprint density at radius 3 is 2.47 bits per heavy atom. The van der Waals surface area contributed by atoms with E-state index in [9.17, 15) is 18.0 Å². The van der Waals surface area contributed by atoms with Crippen LogP contribution >= 0.6 is 11.8 Å². The minimum absolute atomic E-state index is 0.0590. The predicted molar refractivity (Wildman–Crippen MR) is 130 cm³/mol. The van der Waals surface area contributed by atoms with Gasteiger partial charge in [0.25, 0.3) is 0 Å². The lowest BCUT2D eigenvalue weighted by Crippen LogP contribution is -2.46. The van der Waals surface area contributed by atoms with Crippen molar-refractivity contribution in [2.45, 2.75) is 50.6 Å². The number of anilines is 1. The van der Waals surface area contributed by atoms with E-state index in [0.29, 0.717) is 24.3 Å². The second-order valence-electron chi connectivity index (χ2n) is 7.48. The highest BCUT2D eigenvalue weighted by molar-refractivity contribution is 7.98. The smallest absolute Gasteiger partial charge is 0.241 e. The van der Waals surface area contributed by atoms with E-state index >= 15 is 0 Å². The largest absolute Gasteiger partial charge is 0.351 e. The molecule has 0 aliphatic heterocycles. The summed E-state index contributed by atoms with van der Waals surface area (Å²) in [4.78, 5) is 24.7. The van der Waals surface area contributed by atoms with Crippen molar-refractivity contribution >= 4 is 39.3 Å². The summed E-state index contributed by atoms with van der Waals surface area (Å²) in [6, 6.07) is 12.8. The Labute approximate surface area is 194 Å². The molecule has 32 heavy (non-hydrogen) atoms. The summed E-state index contributed by atoms with van der Waals surface area (Å²) in [5.41, 5.74) is 2.42. The number of aryl methyl sites for hydroxylation is 1. The third-order valence-electron chi connectivity index (χ3n) is 4.71. The van der Waals surface area contributed by atoms with Crippen LogP contribution in [-0.2, 0) is 26.2 Å². The zero-order valence-corrected chi connectivity index (χ0v) is 20.3. The molecule has 0 spiro atoms. The molecular weight excluding hydrogens is 446 g/mol. The fourth-order valence-electron chi connectivity index (χ4n) is 2.97. The first-order valence-corrected chi connectivity index (χ1v) is 13.4. The molecule has 2 aromatic carbocycles. The number of benzene rings is 2. The van der Waals surface area contributed by atoms with Crippen molar-refractivity contribution in [2.24, 2.45) is 0 Å². The van der Waals surface area contributed by atoms with Gasteiger partial charge in [-0.1, -0.05) is 36.8 Å². The van der Waals surface area contributed by atoms with Gasteiger partial charge in [-0.15, -0.1) is 0 Å². The fourth-order valence-corrected chi connectivity index (χ4v) is 4.68. The van der Waals surface area contributed by atoms with E-state index in [0.717, 1.165) is 17.5 Å². The Morgan fingerprint density at radius 1 is 1.09 bits per heavy atom. The Kier molecular flexibility index (Phi) is 10.2. The first-order chi connectivity index (χ1) is 15.2. The maximum atomic E-state index is 12.8. The number of hydrogen-bond donors (Lipinski definition) is 3. The van der Waals surface area contributed by atoms with Crippen LogP contribution < -0.4 is 15.4 Å². The molecule has 2 rings (SSSR count). The van der Waals surface area contributed by atoms with Crippen LogP contribution in [0.5, 0.6) is 0 Å². The van der Waals surface area contributed by atoms with Crippen LogP contribution in [0.3, 0.4) is 0 Å². The van der Waals surface area contributed by atoms with Gasteiger partial charge in [-0.05, 0) is 61.6 Å². The number of amides is 2. The lowest BCUT2D eigenvalue weighted by Gasteiger charge is -2.18. The summed E-state index contributed by atoms with van der Waals surface area (Å²) in [6.45, 7) is 4.03. The van der Waals surface area contributed by atoms with Gasteiger partial charge in [-0.2, -0.15) is 16.5 Å². The van der Waals surface area contributed by atoms with Gasteiger partial charge >= 0.3 is 0 Å². The number of carbonyl (C=O) groups is 2. The molecule has 2 amide bonds. The third-order valence-corrected chi connectivity index (χ3v) is 6.84. The van der Waals surface area contributed by atoms with Crippen molar-refractivity contribution in [1.29, 1.82) is 0 Å². The van der Waals surface area contributed by atoms with Gasteiger partial charge < -0.3 is 10.6 Å². The monoisotopic (exact) mass is 477 g/mol. The standard InChI is InChI=1S/C23H31N3O4S2/c1-4-6-22(27)25-19-8-5-7-18(15-19)16-24-23(28)21(13-14-31-3)26-32(29,30)20-11-9-17(2)10-12-20/h5,7-12,15,21,26H,4,6,13-14,16H2,1-3H3,(H,24,28)(H,25,27). The van der Waals surface area contributed by atoms with E-state index in [1.54, 1.807) is 42.1 Å². The number of sulfonamides is 1. The summed E-state index contributed by atoms with van der Waals surface area (Å²) in [7, 11) is -3.83. The average Bonchev–Trinajstić information content (AvgIpc) is 2.75. The van der Waals surface area contributed by atoms with Gasteiger partial charge in [0.15, 0.2) is 0 Å². The topological polar surface area (TPSA) is 104 Å². The Balaban J connectivity index is 2.05. The third kappa shape index (κ3) is 8.29. The predicted octanol–water partition coefficient (Wildman–Crippen LogP) is 3.45. The quantitative estimate of drug-likeness (QED) is 0.434. The number of nitrogens with one attached hydrogen (secondary N) is 3. The maximum Gasteiger partial charge on any atom is 0.241 e. The second-order valence-corrected chi connectivity index (χ2v) is 10.2. The minimum Gasteiger partial charge on any atom is -0.351 e. The van der Waals surface area contributed by atoms with Crippen molar-refractivity contribution in [3.05, 3.63) is 59.7 Å². The van der Waals surface area contributed by atoms with E-state index in [1.807, 2.05) is 26.2 Å². The molecule has 1 atom stereocenters. The number of hydrogen-bond acceptors (Lipinski definition) is 5. The molecule has 0 heterocycles. The van der Waals surface area contributed by atoms with Crippen LogP contribution in [-0.4, -0.2) is 38.3 Å². The van der Waals surface area contributed by atoms with Gasteiger partial charge in [0.2, 0.25) is 21.8 Å². The molecular formula is C23H31N3O4S2. The zero-order chi connectivity index (χ0) is 23.6. The molecule has 0 radical (unpaired) electrons. The highest BCUT2D eigenvalue weighted by Gasteiger charge is 2.25. The molecule has 7 nitrogen and oxygen atoms in total. The summed E-state index contributed by atoms with van der Waals surface area (Å²) in [5, 5.41) is 5.64. The molecule has 0 saturated carbocycles. The second kappa shape index (κ2) is 12.6. The van der Waals surface area contributed by atoms with Crippen molar-refractivity contribution in [2.75, 3.05) is 17.3 Å². The van der Waals surface area contributed by atoms with Crippen LogP contribution in [0.15, 0.2) is 53.4 Å². The van der Waals surface area contributed by atoms with Crippen molar-refractivity contribution in [3.63, 3.8) is 0 Å². The number of thioether (sulfide) groups is 1.